The van der Waals surface area contributed by atoms with Crippen LogP contribution in [-0.4, -0.2) is 38.6 Å². The van der Waals surface area contributed by atoms with Gasteiger partial charge in [-0.25, -0.2) is 0 Å². The van der Waals surface area contributed by atoms with Crippen LogP contribution in [-0.2, 0) is 0 Å². The van der Waals surface area contributed by atoms with Gasteiger partial charge in [0, 0.05) is 0 Å². The highest BCUT2D eigenvalue weighted by Crippen LogP contribution is 2.16. The van der Waals surface area contributed by atoms with Crippen molar-refractivity contribution in [3.63, 3.8) is 0 Å². The van der Waals surface area contributed by atoms with Crippen LogP contribution in [0.3, 0.4) is 0 Å². The summed E-state index contributed by atoms with van der Waals surface area (Å²) in [6.45, 7) is 3.56. The van der Waals surface area contributed by atoms with E-state index in [1.807, 2.05) is 0 Å². The quantitative estimate of drug-likeness (QED) is 0.515. The largest absolute Gasteiger partial charge is 0.316 e. The zero-order valence-corrected chi connectivity index (χ0v) is 9.63. The standard InChI is InChI=1S/C12H24N2/c1-14(2)10-6-9-13-11-12-7-4-3-5-8-12/h3-4,12-13H,5-11H2,1-2H3/t12-/m1/s1. The molecule has 2 nitrogen and oxygen atoms in total. The SMILES string of the molecule is CN(C)CCCNC[C@@H]1CC=CCC1. The van der Waals surface area contributed by atoms with Crippen LogP contribution in [0.4, 0.5) is 0 Å². The Morgan fingerprint density at radius 3 is 2.86 bits per heavy atom. The fourth-order valence-corrected chi connectivity index (χ4v) is 1.87. The summed E-state index contributed by atoms with van der Waals surface area (Å²) in [5.74, 6) is 0.888. The first kappa shape index (κ1) is 11.7. The van der Waals surface area contributed by atoms with E-state index < -0.39 is 0 Å². The normalized spacial score (nSPS) is 21.8. The summed E-state index contributed by atoms with van der Waals surface area (Å²) in [6, 6.07) is 0. The third kappa shape index (κ3) is 5.40. The molecule has 0 fully saturated rings. The Kier molecular flexibility index (Phi) is 5.88. The molecule has 2 heteroatoms. The fourth-order valence-electron chi connectivity index (χ4n) is 1.87. The summed E-state index contributed by atoms with van der Waals surface area (Å²) < 4.78 is 0. The molecule has 0 bridgehead atoms. The molecule has 82 valence electrons. The van der Waals surface area contributed by atoms with E-state index in [-0.39, 0.29) is 0 Å². The summed E-state index contributed by atoms with van der Waals surface area (Å²) in [6.07, 6.45) is 9.83. The molecule has 14 heavy (non-hydrogen) atoms. The van der Waals surface area contributed by atoms with E-state index in [1.165, 1.54) is 45.3 Å². The van der Waals surface area contributed by atoms with Crippen molar-refractivity contribution in [2.45, 2.75) is 25.7 Å². The second kappa shape index (κ2) is 7.02. The summed E-state index contributed by atoms with van der Waals surface area (Å²) in [5, 5.41) is 3.55. The van der Waals surface area contributed by atoms with Gasteiger partial charge in [0.1, 0.15) is 0 Å². The number of hydrogen-bond donors (Lipinski definition) is 1. The topological polar surface area (TPSA) is 15.3 Å². The van der Waals surface area contributed by atoms with Gasteiger partial charge in [-0.1, -0.05) is 12.2 Å². The highest BCUT2D eigenvalue weighted by Gasteiger charge is 2.08. The Labute approximate surface area is 88.4 Å². The maximum absolute atomic E-state index is 3.55. The minimum atomic E-state index is 0.888. The molecule has 1 atom stereocenters. The second-order valence-corrected chi connectivity index (χ2v) is 4.51. The Morgan fingerprint density at radius 2 is 2.21 bits per heavy atom. The molecular formula is C12H24N2. The Balaban J connectivity index is 1.90. The molecule has 0 saturated carbocycles. The number of rotatable bonds is 6. The molecule has 1 N–H and O–H groups in total. The molecule has 0 aliphatic heterocycles. The highest BCUT2D eigenvalue weighted by atomic mass is 15.1. The Morgan fingerprint density at radius 1 is 1.36 bits per heavy atom. The first-order valence-electron chi connectivity index (χ1n) is 5.79. The Hall–Kier alpha value is -0.340. The average molecular weight is 196 g/mol. The first-order valence-corrected chi connectivity index (χ1v) is 5.79. The lowest BCUT2D eigenvalue weighted by molar-refractivity contribution is 0.382. The number of nitrogens with one attached hydrogen (secondary N) is 1. The van der Waals surface area contributed by atoms with Crippen LogP contribution in [0, 0.1) is 5.92 Å². The van der Waals surface area contributed by atoms with Crippen molar-refractivity contribution >= 4 is 0 Å². The van der Waals surface area contributed by atoms with Gasteiger partial charge < -0.3 is 10.2 Å². The smallest absolute Gasteiger partial charge is 0.00127 e. The summed E-state index contributed by atoms with van der Waals surface area (Å²) in [7, 11) is 4.26. The summed E-state index contributed by atoms with van der Waals surface area (Å²) in [5.41, 5.74) is 0. The molecule has 1 aliphatic rings. The monoisotopic (exact) mass is 196 g/mol. The molecular weight excluding hydrogens is 172 g/mol. The van der Waals surface area contributed by atoms with Crippen molar-refractivity contribution in [2.75, 3.05) is 33.7 Å². The maximum Gasteiger partial charge on any atom is -0.00127 e. The van der Waals surface area contributed by atoms with Crippen molar-refractivity contribution in [2.24, 2.45) is 5.92 Å². The van der Waals surface area contributed by atoms with Crippen molar-refractivity contribution in [1.82, 2.24) is 10.2 Å². The zero-order valence-electron chi connectivity index (χ0n) is 9.63. The van der Waals surface area contributed by atoms with Gasteiger partial charge in [0.25, 0.3) is 0 Å². The van der Waals surface area contributed by atoms with Gasteiger partial charge in [-0.3, -0.25) is 0 Å². The van der Waals surface area contributed by atoms with Crippen LogP contribution in [0.5, 0.6) is 0 Å². The second-order valence-electron chi connectivity index (χ2n) is 4.51. The lowest BCUT2D eigenvalue weighted by atomic mass is 9.94. The van der Waals surface area contributed by atoms with Gasteiger partial charge in [0.2, 0.25) is 0 Å². The van der Waals surface area contributed by atoms with E-state index in [9.17, 15) is 0 Å². The molecule has 0 aromatic carbocycles. The van der Waals surface area contributed by atoms with E-state index in [4.69, 9.17) is 0 Å². The van der Waals surface area contributed by atoms with E-state index in [0.717, 1.165) is 5.92 Å². The van der Waals surface area contributed by atoms with Crippen molar-refractivity contribution in [1.29, 1.82) is 0 Å². The molecule has 0 unspecified atom stereocenters. The van der Waals surface area contributed by atoms with Crippen LogP contribution in [0.15, 0.2) is 12.2 Å². The molecule has 0 amide bonds. The number of nitrogens with zero attached hydrogens (tertiary/aromatic N) is 1. The van der Waals surface area contributed by atoms with E-state index in [0.29, 0.717) is 0 Å². The third-order valence-electron chi connectivity index (χ3n) is 2.77. The number of hydrogen-bond acceptors (Lipinski definition) is 2. The zero-order chi connectivity index (χ0) is 10.2. The van der Waals surface area contributed by atoms with Gasteiger partial charge in [0.15, 0.2) is 0 Å². The van der Waals surface area contributed by atoms with Crippen molar-refractivity contribution < 1.29 is 0 Å². The molecule has 0 spiro atoms. The minimum absolute atomic E-state index is 0.888. The van der Waals surface area contributed by atoms with Crippen LogP contribution >= 0.6 is 0 Å². The van der Waals surface area contributed by atoms with Gasteiger partial charge in [-0.15, -0.1) is 0 Å². The van der Waals surface area contributed by atoms with Crippen LogP contribution < -0.4 is 5.32 Å². The summed E-state index contributed by atoms with van der Waals surface area (Å²) in [4.78, 5) is 2.24. The molecule has 0 saturated heterocycles. The predicted octanol–water partition coefficient (Wildman–Crippen LogP) is 1.88. The van der Waals surface area contributed by atoms with E-state index in [2.05, 4.69) is 36.5 Å². The van der Waals surface area contributed by atoms with Gasteiger partial charge >= 0.3 is 0 Å². The van der Waals surface area contributed by atoms with Gasteiger partial charge in [-0.05, 0) is 65.3 Å². The average Bonchev–Trinajstić information content (AvgIpc) is 2.18. The lowest BCUT2D eigenvalue weighted by Gasteiger charge is -2.18. The molecule has 0 radical (unpaired) electrons. The molecule has 0 aromatic rings. The number of allylic oxidation sites excluding steroid dienone is 2. The van der Waals surface area contributed by atoms with Crippen molar-refractivity contribution in [3.8, 4) is 0 Å². The predicted molar refractivity (Wildman–Crippen MR) is 62.5 cm³/mol. The minimum Gasteiger partial charge on any atom is -0.316 e. The Bertz CT molecular complexity index is 164. The first-order chi connectivity index (χ1) is 6.79. The van der Waals surface area contributed by atoms with E-state index in [1.54, 1.807) is 0 Å². The van der Waals surface area contributed by atoms with Gasteiger partial charge in [0.05, 0.1) is 0 Å². The van der Waals surface area contributed by atoms with Crippen LogP contribution in [0.25, 0.3) is 0 Å². The maximum atomic E-state index is 3.55. The molecule has 1 aliphatic carbocycles. The van der Waals surface area contributed by atoms with E-state index >= 15 is 0 Å². The van der Waals surface area contributed by atoms with Crippen LogP contribution in [0.1, 0.15) is 25.7 Å². The van der Waals surface area contributed by atoms with Crippen LogP contribution in [0.2, 0.25) is 0 Å². The lowest BCUT2D eigenvalue weighted by Crippen LogP contribution is -2.26. The molecule has 0 heterocycles. The van der Waals surface area contributed by atoms with Gasteiger partial charge in [-0.2, -0.15) is 0 Å². The summed E-state index contributed by atoms with van der Waals surface area (Å²) >= 11 is 0. The molecule has 0 aromatic heterocycles. The molecule has 1 rings (SSSR count). The third-order valence-corrected chi connectivity index (χ3v) is 2.77. The fraction of sp³-hybridized carbons (Fsp3) is 0.833. The van der Waals surface area contributed by atoms with Crippen molar-refractivity contribution in [3.05, 3.63) is 12.2 Å². The highest BCUT2D eigenvalue weighted by molar-refractivity contribution is 4.90.